The lowest BCUT2D eigenvalue weighted by atomic mass is 9.88. The summed E-state index contributed by atoms with van der Waals surface area (Å²) in [6, 6.07) is 4.28. The van der Waals surface area contributed by atoms with Gasteiger partial charge in [0.25, 0.3) is 0 Å². The fourth-order valence-electron chi connectivity index (χ4n) is 3.94. The highest BCUT2D eigenvalue weighted by Crippen LogP contribution is 2.31. The standard InChI is InChI=1S/C18H27N3O/c1-14-12-16(4-9-20-14)13-15-5-10-21(11-6-15)17(22)18(19)7-2-3-8-18/h4,9,12,15H,2-3,5-8,10-11,13,19H2,1H3. The molecule has 1 aliphatic carbocycles. The van der Waals surface area contributed by atoms with E-state index in [-0.39, 0.29) is 5.91 Å². The van der Waals surface area contributed by atoms with Crippen molar-refractivity contribution in [2.45, 2.75) is 57.4 Å². The molecule has 1 aromatic heterocycles. The second-order valence-electron chi connectivity index (χ2n) is 7.11. The molecule has 3 rings (SSSR count). The van der Waals surface area contributed by atoms with Crippen molar-refractivity contribution in [3.63, 3.8) is 0 Å². The summed E-state index contributed by atoms with van der Waals surface area (Å²) in [5, 5.41) is 0. The molecule has 22 heavy (non-hydrogen) atoms. The van der Waals surface area contributed by atoms with Gasteiger partial charge < -0.3 is 10.6 Å². The van der Waals surface area contributed by atoms with E-state index in [4.69, 9.17) is 5.73 Å². The average molecular weight is 301 g/mol. The number of nitrogens with two attached hydrogens (primary N) is 1. The highest BCUT2D eigenvalue weighted by Gasteiger charge is 2.40. The number of amides is 1. The van der Waals surface area contributed by atoms with Crippen LogP contribution in [0.2, 0.25) is 0 Å². The second-order valence-corrected chi connectivity index (χ2v) is 7.11. The highest BCUT2D eigenvalue weighted by molar-refractivity contribution is 5.86. The van der Waals surface area contributed by atoms with Gasteiger partial charge in [0.05, 0.1) is 5.54 Å². The van der Waals surface area contributed by atoms with Crippen LogP contribution >= 0.6 is 0 Å². The van der Waals surface area contributed by atoms with Gasteiger partial charge in [-0.2, -0.15) is 0 Å². The minimum Gasteiger partial charge on any atom is -0.341 e. The van der Waals surface area contributed by atoms with Gasteiger partial charge in [0.1, 0.15) is 0 Å². The lowest BCUT2D eigenvalue weighted by Crippen LogP contribution is -2.55. The molecule has 2 aliphatic rings. The molecule has 0 aromatic carbocycles. The lowest BCUT2D eigenvalue weighted by molar-refractivity contribution is -0.138. The van der Waals surface area contributed by atoms with E-state index in [9.17, 15) is 4.79 Å². The molecule has 1 aliphatic heterocycles. The van der Waals surface area contributed by atoms with Crippen molar-refractivity contribution in [1.29, 1.82) is 0 Å². The maximum absolute atomic E-state index is 12.6. The minimum atomic E-state index is -0.560. The Kier molecular flexibility index (Phi) is 4.48. The van der Waals surface area contributed by atoms with Gasteiger partial charge in [-0.1, -0.05) is 12.8 Å². The zero-order valence-corrected chi connectivity index (χ0v) is 13.6. The van der Waals surface area contributed by atoms with Crippen LogP contribution in [0.1, 0.15) is 49.8 Å². The number of carbonyl (C=O) groups is 1. The minimum absolute atomic E-state index is 0.197. The Bertz CT molecular complexity index is 529. The van der Waals surface area contributed by atoms with Crippen molar-refractivity contribution >= 4 is 5.91 Å². The van der Waals surface area contributed by atoms with E-state index in [1.807, 2.05) is 18.0 Å². The number of nitrogens with zero attached hydrogens (tertiary/aromatic N) is 2. The first-order valence-corrected chi connectivity index (χ1v) is 8.57. The molecule has 0 bridgehead atoms. The van der Waals surface area contributed by atoms with Gasteiger partial charge in [0.2, 0.25) is 5.91 Å². The fourth-order valence-corrected chi connectivity index (χ4v) is 3.94. The van der Waals surface area contributed by atoms with E-state index in [0.29, 0.717) is 5.92 Å². The fraction of sp³-hybridized carbons (Fsp3) is 0.667. The highest BCUT2D eigenvalue weighted by atomic mass is 16.2. The van der Waals surface area contributed by atoms with Gasteiger partial charge in [-0.05, 0) is 62.6 Å². The van der Waals surface area contributed by atoms with E-state index in [2.05, 4.69) is 17.1 Å². The number of hydrogen-bond donors (Lipinski definition) is 1. The first-order chi connectivity index (χ1) is 10.6. The van der Waals surface area contributed by atoms with Crippen molar-refractivity contribution in [2.24, 2.45) is 11.7 Å². The van der Waals surface area contributed by atoms with Crippen molar-refractivity contribution in [1.82, 2.24) is 9.88 Å². The number of likely N-dealkylation sites (tertiary alicyclic amines) is 1. The third-order valence-corrected chi connectivity index (χ3v) is 5.31. The molecule has 2 fully saturated rings. The van der Waals surface area contributed by atoms with E-state index < -0.39 is 5.54 Å². The van der Waals surface area contributed by atoms with Crippen LogP contribution in [0.15, 0.2) is 18.3 Å². The molecular weight excluding hydrogens is 274 g/mol. The summed E-state index contributed by atoms with van der Waals surface area (Å²) in [7, 11) is 0. The zero-order chi connectivity index (χ0) is 15.6. The van der Waals surface area contributed by atoms with Crippen LogP contribution in [0.4, 0.5) is 0 Å². The van der Waals surface area contributed by atoms with Gasteiger partial charge >= 0.3 is 0 Å². The Labute approximate surface area is 133 Å². The molecule has 1 saturated carbocycles. The third kappa shape index (κ3) is 3.32. The Hall–Kier alpha value is -1.42. The van der Waals surface area contributed by atoms with Crippen LogP contribution in [-0.2, 0) is 11.2 Å². The molecular formula is C18H27N3O. The Morgan fingerprint density at radius 1 is 1.36 bits per heavy atom. The number of carbonyl (C=O) groups excluding carboxylic acids is 1. The number of piperidine rings is 1. The van der Waals surface area contributed by atoms with E-state index in [1.165, 1.54) is 5.56 Å². The quantitative estimate of drug-likeness (QED) is 0.933. The van der Waals surface area contributed by atoms with Crippen LogP contribution in [0.25, 0.3) is 0 Å². The molecule has 0 spiro atoms. The predicted octanol–water partition coefficient (Wildman–Crippen LogP) is 2.44. The third-order valence-electron chi connectivity index (χ3n) is 5.31. The van der Waals surface area contributed by atoms with Gasteiger partial charge in [-0.3, -0.25) is 9.78 Å². The number of aryl methyl sites for hydroxylation is 1. The molecule has 0 unspecified atom stereocenters. The molecule has 4 heteroatoms. The van der Waals surface area contributed by atoms with Gasteiger partial charge in [-0.25, -0.2) is 0 Å². The van der Waals surface area contributed by atoms with Crippen LogP contribution in [-0.4, -0.2) is 34.4 Å². The lowest BCUT2D eigenvalue weighted by Gasteiger charge is -2.37. The van der Waals surface area contributed by atoms with Gasteiger partial charge in [0, 0.05) is 25.0 Å². The topological polar surface area (TPSA) is 59.2 Å². The van der Waals surface area contributed by atoms with Crippen LogP contribution in [0.3, 0.4) is 0 Å². The van der Waals surface area contributed by atoms with Crippen molar-refractivity contribution in [3.8, 4) is 0 Å². The maximum atomic E-state index is 12.6. The number of pyridine rings is 1. The van der Waals surface area contributed by atoms with Crippen LogP contribution in [0, 0.1) is 12.8 Å². The summed E-state index contributed by atoms with van der Waals surface area (Å²) in [6.45, 7) is 3.77. The largest absolute Gasteiger partial charge is 0.341 e. The molecule has 1 amide bonds. The summed E-state index contributed by atoms with van der Waals surface area (Å²) in [6.07, 6.45) is 9.08. The molecule has 2 N–H and O–H groups in total. The van der Waals surface area contributed by atoms with E-state index >= 15 is 0 Å². The van der Waals surface area contributed by atoms with E-state index in [0.717, 1.165) is 63.7 Å². The maximum Gasteiger partial charge on any atom is 0.242 e. The first-order valence-electron chi connectivity index (χ1n) is 8.57. The normalized spacial score (nSPS) is 22.0. The number of rotatable bonds is 3. The monoisotopic (exact) mass is 301 g/mol. The molecule has 0 atom stereocenters. The summed E-state index contributed by atoms with van der Waals surface area (Å²) >= 11 is 0. The van der Waals surface area contributed by atoms with Gasteiger partial charge in [0.15, 0.2) is 0 Å². The zero-order valence-electron chi connectivity index (χ0n) is 13.6. The summed E-state index contributed by atoms with van der Waals surface area (Å²) < 4.78 is 0. The summed E-state index contributed by atoms with van der Waals surface area (Å²) in [5.41, 5.74) is 8.19. The first kappa shape index (κ1) is 15.5. The van der Waals surface area contributed by atoms with Crippen LogP contribution < -0.4 is 5.73 Å². The average Bonchev–Trinajstić information content (AvgIpc) is 2.95. The summed E-state index contributed by atoms with van der Waals surface area (Å²) in [5.74, 6) is 0.867. The molecule has 1 saturated heterocycles. The van der Waals surface area contributed by atoms with Crippen LogP contribution in [0.5, 0.6) is 0 Å². The predicted molar refractivity (Wildman–Crippen MR) is 87.4 cm³/mol. The molecule has 4 nitrogen and oxygen atoms in total. The molecule has 0 radical (unpaired) electrons. The SMILES string of the molecule is Cc1cc(CC2CCN(C(=O)C3(N)CCCC3)CC2)ccn1. The number of aromatic nitrogens is 1. The Morgan fingerprint density at radius 3 is 2.68 bits per heavy atom. The number of hydrogen-bond acceptors (Lipinski definition) is 3. The molecule has 1 aromatic rings. The smallest absolute Gasteiger partial charge is 0.242 e. The summed E-state index contributed by atoms with van der Waals surface area (Å²) in [4.78, 5) is 18.9. The van der Waals surface area contributed by atoms with Crippen molar-refractivity contribution < 1.29 is 4.79 Å². The Balaban J connectivity index is 1.53. The van der Waals surface area contributed by atoms with Crippen molar-refractivity contribution in [3.05, 3.63) is 29.6 Å². The molecule has 120 valence electrons. The molecule has 2 heterocycles. The van der Waals surface area contributed by atoms with E-state index in [1.54, 1.807) is 0 Å². The van der Waals surface area contributed by atoms with Gasteiger partial charge in [-0.15, -0.1) is 0 Å². The Morgan fingerprint density at radius 2 is 2.05 bits per heavy atom. The second kappa shape index (κ2) is 6.37. The van der Waals surface area contributed by atoms with Crippen molar-refractivity contribution in [2.75, 3.05) is 13.1 Å².